The largest absolute Gasteiger partial charge is 0.477 e. The summed E-state index contributed by atoms with van der Waals surface area (Å²) in [6.45, 7) is 3.45. The second-order valence-corrected chi connectivity index (χ2v) is 6.55. The second-order valence-electron chi connectivity index (χ2n) is 4.67. The van der Waals surface area contributed by atoms with Crippen LogP contribution in [0.4, 0.5) is 0 Å². The number of nitrogens with one attached hydrogen (secondary N) is 1. The number of aromatic nitrogens is 1. The number of carboxylic acid groups (broad SMARTS) is 1. The minimum Gasteiger partial charge on any atom is -0.477 e. The van der Waals surface area contributed by atoms with E-state index in [1.165, 1.54) is 11.8 Å². The zero-order valence-electron chi connectivity index (χ0n) is 12.4. The standard InChI is InChI=1S/C15H16N2O3S2/c1-8-12(15(19)20)22-14(17-8)9(2)16-13(18)10-6-4-5-7-11(10)21-3/h4-7,9H,1-3H3,(H,16,18)(H,19,20). The zero-order valence-corrected chi connectivity index (χ0v) is 14.0. The number of benzene rings is 1. The molecule has 1 heterocycles. The SMILES string of the molecule is CSc1ccccc1C(=O)NC(C)c1nc(C)c(C(=O)O)s1. The van der Waals surface area contributed by atoms with Gasteiger partial charge in [0.2, 0.25) is 0 Å². The van der Waals surface area contributed by atoms with Crippen molar-refractivity contribution in [2.75, 3.05) is 6.26 Å². The molecule has 1 unspecified atom stereocenters. The van der Waals surface area contributed by atoms with Gasteiger partial charge in [-0.25, -0.2) is 9.78 Å². The Bertz CT molecular complexity index is 713. The van der Waals surface area contributed by atoms with Gasteiger partial charge in [-0.2, -0.15) is 0 Å². The Labute approximate surface area is 136 Å². The molecule has 0 saturated heterocycles. The fraction of sp³-hybridized carbons (Fsp3) is 0.267. The normalized spacial score (nSPS) is 12.0. The highest BCUT2D eigenvalue weighted by Gasteiger charge is 2.20. The summed E-state index contributed by atoms with van der Waals surface area (Å²) in [6.07, 6.45) is 1.92. The first-order chi connectivity index (χ1) is 10.4. The molecule has 1 amide bonds. The topological polar surface area (TPSA) is 79.3 Å². The van der Waals surface area contributed by atoms with Crippen LogP contribution in [-0.4, -0.2) is 28.2 Å². The molecule has 0 radical (unpaired) electrons. The van der Waals surface area contributed by atoms with Crippen molar-refractivity contribution in [1.82, 2.24) is 10.3 Å². The monoisotopic (exact) mass is 336 g/mol. The van der Waals surface area contributed by atoms with Crippen LogP contribution in [0.25, 0.3) is 0 Å². The van der Waals surface area contributed by atoms with Crippen LogP contribution < -0.4 is 5.32 Å². The van der Waals surface area contributed by atoms with Crippen molar-refractivity contribution < 1.29 is 14.7 Å². The van der Waals surface area contributed by atoms with E-state index in [0.717, 1.165) is 16.2 Å². The van der Waals surface area contributed by atoms with Crippen molar-refractivity contribution in [2.45, 2.75) is 24.8 Å². The van der Waals surface area contributed by atoms with E-state index < -0.39 is 5.97 Å². The minimum atomic E-state index is -0.993. The molecule has 0 saturated carbocycles. The Hall–Kier alpha value is -1.86. The number of thiazole rings is 1. The van der Waals surface area contributed by atoms with E-state index in [1.807, 2.05) is 24.5 Å². The number of aromatic carboxylic acids is 1. The maximum Gasteiger partial charge on any atom is 0.347 e. The van der Waals surface area contributed by atoms with Gasteiger partial charge in [-0.3, -0.25) is 4.79 Å². The van der Waals surface area contributed by atoms with Crippen molar-refractivity contribution in [2.24, 2.45) is 0 Å². The molecule has 1 atom stereocenters. The smallest absolute Gasteiger partial charge is 0.347 e. The van der Waals surface area contributed by atoms with E-state index in [9.17, 15) is 9.59 Å². The number of thioether (sulfide) groups is 1. The molecule has 5 nitrogen and oxygen atoms in total. The van der Waals surface area contributed by atoms with Crippen molar-refractivity contribution in [3.05, 3.63) is 45.4 Å². The number of aryl methyl sites for hydroxylation is 1. The summed E-state index contributed by atoms with van der Waals surface area (Å²) in [6, 6.07) is 7.01. The van der Waals surface area contributed by atoms with Crippen LogP contribution in [0.3, 0.4) is 0 Å². The Kier molecular flexibility index (Phi) is 5.20. The van der Waals surface area contributed by atoms with Gasteiger partial charge in [0.05, 0.1) is 17.3 Å². The Balaban J connectivity index is 2.18. The first-order valence-corrected chi connectivity index (χ1v) is 8.62. The predicted octanol–water partition coefficient (Wildman–Crippen LogP) is 3.36. The highest BCUT2D eigenvalue weighted by molar-refractivity contribution is 7.98. The summed E-state index contributed by atoms with van der Waals surface area (Å²) in [7, 11) is 0. The van der Waals surface area contributed by atoms with Crippen LogP contribution in [0.5, 0.6) is 0 Å². The lowest BCUT2D eigenvalue weighted by molar-refractivity contribution is 0.0701. The highest BCUT2D eigenvalue weighted by Crippen LogP contribution is 2.25. The molecule has 0 aliphatic carbocycles. The fourth-order valence-electron chi connectivity index (χ4n) is 1.97. The Morgan fingerprint density at radius 1 is 1.36 bits per heavy atom. The summed E-state index contributed by atoms with van der Waals surface area (Å²) in [5.41, 5.74) is 1.08. The van der Waals surface area contributed by atoms with Crippen molar-refractivity contribution in [3.63, 3.8) is 0 Å². The summed E-state index contributed by atoms with van der Waals surface area (Å²) in [5, 5.41) is 12.5. The molecular formula is C15H16N2O3S2. The highest BCUT2D eigenvalue weighted by atomic mass is 32.2. The van der Waals surface area contributed by atoms with Gasteiger partial charge in [-0.15, -0.1) is 23.1 Å². The van der Waals surface area contributed by atoms with E-state index in [0.29, 0.717) is 16.3 Å². The molecule has 0 aliphatic rings. The van der Waals surface area contributed by atoms with Crippen LogP contribution in [0, 0.1) is 6.92 Å². The maximum atomic E-state index is 12.4. The molecule has 116 valence electrons. The number of hydrogen-bond acceptors (Lipinski definition) is 5. The third-order valence-corrected chi connectivity index (χ3v) is 5.20. The molecule has 0 fully saturated rings. The van der Waals surface area contributed by atoms with Crippen LogP contribution in [0.2, 0.25) is 0 Å². The first kappa shape index (κ1) is 16.5. The van der Waals surface area contributed by atoms with Gasteiger partial charge in [0, 0.05) is 4.90 Å². The molecular weight excluding hydrogens is 320 g/mol. The van der Waals surface area contributed by atoms with E-state index in [2.05, 4.69) is 10.3 Å². The molecule has 1 aromatic carbocycles. The molecule has 2 N–H and O–H groups in total. The molecule has 2 aromatic rings. The molecule has 22 heavy (non-hydrogen) atoms. The lowest BCUT2D eigenvalue weighted by Crippen LogP contribution is -2.27. The molecule has 0 aliphatic heterocycles. The van der Waals surface area contributed by atoms with E-state index in [-0.39, 0.29) is 16.8 Å². The lowest BCUT2D eigenvalue weighted by atomic mass is 10.2. The van der Waals surface area contributed by atoms with Gasteiger partial charge < -0.3 is 10.4 Å². The van der Waals surface area contributed by atoms with Gasteiger partial charge >= 0.3 is 5.97 Å². The quantitative estimate of drug-likeness (QED) is 0.819. The fourth-order valence-corrected chi connectivity index (χ4v) is 3.47. The van der Waals surface area contributed by atoms with Crippen LogP contribution >= 0.6 is 23.1 Å². The van der Waals surface area contributed by atoms with Crippen molar-refractivity contribution in [1.29, 1.82) is 0 Å². The first-order valence-electron chi connectivity index (χ1n) is 6.58. The molecule has 2 rings (SSSR count). The predicted molar refractivity (Wildman–Crippen MR) is 87.9 cm³/mol. The van der Waals surface area contributed by atoms with Crippen LogP contribution in [0.1, 0.15) is 43.7 Å². The summed E-state index contributed by atoms with van der Waals surface area (Å²) in [5.74, 6) is -1.19. The van der Waals surface area contributed by atoms with Crippen LogP contribution in [-0.2, 0) is 0 Å². The number of amides is 1. The molecule has 0 bridgehead atoms. The zero-order chi connectivity index (χ0) is 16.3. The van der Waals surface area contributed by atoms with Crippen molar-refractivity contribution in [3.8, 4) is 0 Å². The second kappa shape index (κ2) is 6.93. The summed E-state index contributed by atoms with van der Waals surface area (Å²) >= 11 is 2.60. The van der Waals surface area contributed by atoms with Gasteiger partial charge in [0.15, 0.2) is 0 Å². The number of carbonyl (C=O) groups excluding carboxylic acids is 1. The number of carbonyl (C=O) groups is 2. The minimum absolute atomic E-state index is 0.192. The average molecular weight is 336 g/mol. The Morgan fingerprint density at radius 2 is 2.05 bits per heavy atom. The third-order valence-electron chi connectivity index (χ3n) is 3.08. The van der Waals surface area contributed by atoms with E-state index in [4.69, 9.17) is 5.11 Å². The number of hydrogen-bond donors (Lipinski definition) is 2. The van der Waals surface area contributed by atoms with Crippen molar-refractivity contribution >= 4 is 35.0 Å². The third kappa shape index (κ3) is 3.48. The van der Waals surface area contributed by atoms with Crippen LogP contribution in [0.15, 0.2) is 29.2 Å². The van der Waals surface area contributed by atoms with Gasteiger partial charge in [-0.05, 0) is 32.2 Å². The average Bonchev–Trinajstić information content (AvgIpc) is 2.89. The maximum absolute atomic E-state index is 12.4. The number of nitrogens with zero attached hydrogens (tertiary/aromatic N) is 1. The Morgan fingerprint density at radius 3 is 2.64 bits per heavy atom. The van der Waals surface area contributed by atoms with E-state index >= 15 is 0 Å². The number of rotatable bonds is 5. The molecule has 0 spiro atoms. The van der Waals surface area contributed by atoms with Gasteiger partial charge in [0.25, 0.3) is 5.91 Å². The molecule has 7 heteroatoms. The van der Waals surface area contributed by atoms with Gasteiger partial charge in [-0.1, -0.05) is 12.1 Å². The lowest BCUT2D eigenvalue weighted by Gasteiger charge is -2.13. The number of carboxylic acids is 1. The molecule has 1 aromatic heterocycles. The van der Waals surface area contributed by atoms with Gasteiger partial charge in [0.1, 0.15) is 9.88 Å². The summed E-state index contributed by atoms with van der Waals surface area (Å²) in [4.78, 5) is 28.8. The van der Waals surface area contributed by atoms with E-state index in [1.54, 1.807) is 19.9 Å². The summed E-state index contributed by atoms with van der Waals surface area (Å²) < 4.78 is 0.